The van der Waals surface area contributed by atoms with Gasteiger partial charge in [-0.25, -0.2) is 4.79 Å². The normalized spacial score (nSPS) is 12.6. The first-order valence-electron chi connectivity index (χ1n) is 12.8. The van der Waals surface area contributed by atoms with Crippen LogP contribution < -0.4 is 10.6 Å². The SMILES string of the molecule is CC(C)C[C@H](NC(=O)C(=O)c1c(-c2ccccc2)[nH]c2ccccc12)C(=O)N[C@H](Cc1ccccc1)C(=O)O. The van der Waals surface area contributed by atoms with Crippen LogP contribution in [0.1, 0.15) is 36.2 Å². The zero-order valence-electron chi connectivity index (χ0n) is 21.8. The summed E-state index contributed by atoms with van der Waals surface area (Å²) in [6, 6.07) is 23.1. The molecule has 4 aromatic rings. The zero-order valence-corrected chi connectivity index (χ0v) is 21.8. The second kappa shape index (κ2) is 12.2. The van der Waals surface area contributed by atoms with E-state index in [4.69, 9.17) is 0 Å². The molecule has 2 amide bonds. The Kier molecular flexibility index (Phi) is 8.56. The van der Waals surface area contributed by atoms with Crippen molar-refractivity contribution in [1.82, 2.24) is 15.6 Å². The molecule has 0 bridgehead atoms. The summed E-state index contributed by atoms with van der Waals surface area (Å²) >= 11 is 0. The monoisotopic (exact) mass is 525 g/mol. The lowest BCUT2D eigenvalue weighted by atomic mass is 9.99. The number of para-hydroxylation sites is 1. The molecule has 3 aromatic carbocycles. The summed E-state index contributed by atoms with van der Waals surface area (Å²) in [5.41, 5.74) is 2.92. The molecular formula is C31H31N3O5. The number of amides is 2. The fraction of sp³-hybridized carbons (Fsp3) is 0.226. The number of carbonyl (C=O) groups excluding carboxylic acids is 3. The quantitative estimate of drug-likeness (QED) is 0.171. The number of hydrogen-bond acceptors (Lipinski definition) is 4. The van der Waals surface area contributed by atoms with E-state index in [2.05, 4.69) is 15.6 Å². The van der Waals surface area contributed by atoms with Gasteiger partial charge in [-0.2, -0.15) is 0 Å². The molecule has 8 nitrogen and oxygen atoms in total. The number of carboxylic acid groups (broad SMARTS) is 1. The fourth-order valence-corrected chi connectivity index (χ4v) is 4.56. The Bertz CT molecular complexity index is 1480. The van der Waals surface area contributed by atoms with Crippen molar-refractivity contribution in [3.8, 4) is 11.3 Å². The Hall–Kier alpha value is -4.72. The van der Waals surface area contributed by atoms with Gasteiger partial charge in [-0.05, 0) is 29.5 Å². The molecule has 0 radical (unpaired) electrons. The van der Waals surface area contributed by atoms with Crippen LogP contribution in [0.25, 0.3) is 22.2 Å². The van der Waals surface area contributed by atoms with Crippen molar-refractivity contribution in [3.05, 3.63) is 96.1 Å². The van der Waals surface area contributed by atoms with Crippen LogP contribution in [0.2, 0.25) is 0 Å². The van der Waals surface area contributed by atoms with Crippen molar-refractivity contribution < 1.29 is 24.3 Å². The van der Waals surface area contributed by atoms with Gasteiger partial charge in [0.15, 0.2) is 0 Å². The number of fused-ring (bicyclic) bond motifs is 1. The molecule has 1 aromatic heterocycles. The predicted octanol–water partition coefficient (Wildman–Crippen LogP) is 4.36. The van der Waals surface area contributed by atoms with Gasteiger partial charge < -0.3 is 20.7 Å². The maximum atomic E-state index is 13.6. The number of carboxylic acids is 1. The van der Waals surface area contributed by atoms with Crippen molar-refractivity contribution in [1.29, 1.82) is 0 Å². The maximum absolute atomic E-state index is 13.6. The van der Waals surface area contributed by atoms with Gasteiger partial charge in [0.25, 0.3) is 11.7 Å². The molecule has 0 aliphatic rings. The van der Waals surface area contributed by atoms with Gasteiger partial charge in [0.05, 0.1) is 11.3 Å². The molecule has 0 spiro atoms. The molecule has 2 atom stereocenters. The molecule has 4 rings (SSSR count). The number of aliphatic carboxylic acids is 1. The summed E-state index contributed by atoms with van der Waals surface area (Å²) in [6.45, 7) is 3.75. The second-order valence-corrected chi connectivity index (χ2v) is 9.86. The van der Waals surface area contributed by atoms with Crippen molar-refractivity contribution in [3.63, 3.8) is 0 Å². The zero-order chi connectivity index (χ0) is 27.9. The highest BCUT2D eigenvalue weighted by Crippen LogP contribution is 2.30. The summed E-state index contributed by atoms with van der Waals surface area (Å²) in [5.74, 6) is -3.58. The first-order valence-corrected chi connectivity index (χ1v) is 12.8. The number of H-pyrrole nitrogens is 1. The van der Waals surface area contributed by atoms with Crippen LogP contribution in [0.5, 0.6) is 0 Å². The van der Waals surface area contributed by atoms with E-state index in [9.17, 15) is 24.3 Å². The number of hydrogen-bond donors (Lipinski definition) is 4. The molecule has 0 saturated heterocycles. The van der Waals surface area contributed by atoms with Gasteiger partial charge in [0.2, 0.25) is 5.91 Å². The largest absolute Gasteiger partial charge is 0.480 e. The lowest BCUT2D eigenvalue weighted by Gasteiger charge is -2.22. The topological polar surface area (TPSA) is 128 Å². The number of nitrogens with one attached hydrogen (secondary N) is 3. The molecule has 0 aliphatic carbocycles. The van der Waals surface area contributed by atoms with E-state index in [0.29, 0.717) is 16.6 Å². The Morgan fingerprint density at radius 3 is 2.05 bits per heavy atom. The number of benzene rings is 3. The lowest BCUT2D eigenvalue weighted by molar-refractivity contribution is -0.142. The Balaban J connectivity index is 1.58. The molecule has 200 valence electrons. The molecule has 0 saturated carbocycles. The summed E-state index contributed by atoms with van der Waals surface area (Å²) in [4.78, 5) is 55.2. The Morgan fingerprint density at radius 2 is 1.41 bits per heavy atom. The predicted molar refractivity (Wildman–Crippen MR) is 149 cm³/mol. The van der Waals surface area contributed by atoms with Gasteiger partial charge in [-0.3, -0.25) is 14.4 Å². The van der Waals surface area contributed by atoms with E-state index < -0.39 is 35.7 Å². The van der Waals surface area contributed by atoms with E-state index in [1.54, 1.807) is 36.4 Å². The summed E-state index contributed by atoms with van der Waals surface area (Å²) in [7, 11) is 0. The molecule has 8 heteroatoms. The Labute approximate surface area is 226 Å². The smallest absolute Gasteiger partial charge is 0.326 e. The van der Waals surface area contributed by atoms with Gasteiger partial charge in [0.1, 0.15) is 12.1 Å². The number of Topliss-reactive ketones (excluding diaryl/α,β-unsaturated/α-hetero) is 1. The molecule has 4 N–H and O–H groups in total. The number of rotatable bonds is 11. The van der Waals surface area contributed by atoms with E-state index in [1.165, 1.54) is 0 Å². The van der Waals surface area contributed by atoms with E-state index in [-0.39, 0.29) is 24.3 Å². The highest BCUT2D eigenvalue weighted by Gasteiger charge is 2.31. The van der Waals surface area contributed by atoms with Crippen LogP contribution in [-0.4, -0.2) is 45.7 Å². The fourth-order valence-electron chi connectivity index (χ4n) is 4.56. The second-order valence-electron chi connectivity index (χ2n) is 9.86. The van der Waals surface area contributed by atoms with Crippen molar-refractivity contribution in [2.45, 2.75) is 38.8 Å². The van der Waals surface area contributed by atoms with Crippen LogP contribution >= 0.6 is 0 Å². The van der Waals surface area contributed by atoms with Gasteiger partial charge in [0, 0.05) is 17.3 Å². The minimum atomic E-state index is -1.19. The number of ketones is 1. The third-order valence-corrected chi connectivity index (χ3v) is 6.43. The summed E-state index contributed by atoms with van der Waals surface area (Å²) in [5, 5.41) is 15.4. The maximum Gasteiger partial charge on any atom is 0.326 e. The van der Waals surface area contributed by atoms with E-state index in [0.717, 1.165) is 11.1 Å². The summed E-state index contributed by atoms with van der Waals surface area (Å²) < 4.78 is 0. The van der Waals surface area contributed by atoms with Gasteiger partial charge in [-0.1, -0.05) is 92.7 Å². The van der Waals surface area contributed by atoms with Crippen molar-refractivity contribution >= 4 is 34.5 Å². The van der Waals surface area contributed by atoms with Crippen molar-refractivity contribution in [2.75, 3.05) is 0 Å². The molecule has 1 heterocycles. The lowest BCUT2D eigenvalue weighted by Crippen LogP contribution is -2.53. The molecule has 0 fully saturated rings. The van der Waals surface area contributed by atoms with Crippen LogP contribution in [-0.2, 0) is 20.8 Å². The first-order chi connectivity index (χ1) is 18.7. The summed E-state index contributed by atoms with van der Waals surface area (Å²) in [6.07, 6.45) is 0.306. The highest BCUT2D eigenvalue weighted by molar-refractivity contribution is 6.46. The molecule has 39 heavy (non-hydrogen) atoms. The third-order valence-electron chi connectivity index (χ3n) is 6.43. The van der Waals surface area contributed by atoms with E-state index in [1.807, 2.05) is 62.4 Å². The molecular weight excluding hydrogens is 494 g/mol. The Morgan fingerprint density at radius 1 is 0.795 bits per heavy atom. The minimum absolute atomic E-state index is 0.0125. The van der Waals surface area contributed by atoms with Crippen LogP contribution in [0.3, 0.4) is 0 Å². The number of aromatic amines is 1. The first kappa shape index (κ1) is 27.3. The van der Waals surface area contributed by atoms with Crippen LogP contribution in [0.4, 0.5) is 0 Å². The van der Waals surface area contributed by atoms with Gasteiger partial charge >= 0.3 is 5.97 Å². The van der Waals surface area contributed by atoms with Crippen LogP contribution in [0, 0.1) is 5.92 Å². The minimum Gasteiger partial charge on any atom is -0.480 e. The average molecular weight is 526 g/mol. The van der Waals surface area contributed by atoms with Crippen LogP contribution in [0.15, 0.2) is 84.9 Å². The van der Waals surface area contributed by atoms with Gasteiger partial charge in [-0.15, -0.1) is 0 Å². The van der Waals surface area contributed by atoms with Crippen molar-refractivity contribution in [2.24, 2.45) is 5.92 Å². The molecule has 0 unspecified atom stereocenters. The third kappa shape index (κ3) is 6.59. The highest BCUT2D eigenvalue weighted by atomic mass is 16.4. The molecule has 0 aliphatic heterocycles. The van der Waals surface area contributed by atoms with E-state index >= 15 is 0 Å². The number of aromatic nitrogens is 1. The standard InChI is InChI=1S/C31H31N3O5/c1-19(2)17-24(29(36)34-25(31(38)39)18-20-11-5-3-6-12-20)33-30(37)28(35)26-22-15-9-10-16-23(22)32-27(26)21-13-7-4-8-14-21/h3-16,19,24-25,32H,17-18H2,1-2H3,(H,33,37)(H,34,36)(H,38,39)/t24-,25+/m0/s1. The number of carbonyl (C=O) groups is 4. The average Bonchev–Trinajstić information content (AvgIpc) is 3.32.